The summed E-state index contributed by atoms with van der Waals surface area (Å²) >= 11 is 1.59. The highest BCUT2D eigenvalue weighted by Crippen LogP contribution is 2.28. The van der Waals surface area contributed by atoms with E-state index in [2.05, 4.69) is 10.6 Å². The topological polar surface area (TPSA) is 61.4 Å². The predicted molar refractivity (Wildman–Crippen MR) is 72.2 cm³/mol. The molecule has 1 rings (SSSR count). The molecule has 1 heterocycles. The zero-order chi connectivity index (χ0) is 12.9. The van der Waals surface area contributed by atoms with E-state index in [1.807, 2.05) is 20.1 Å². The Kier molecular flexibility index (Phi) is 5.76. The lowest BCUT2D eigenvalue weighted by atomic mass is 9.80. The average Bonchev–Trinajstić information content (AvgIpc) is 2.31. The van der Waals surface area contributed by atoms with Gasteiger partial charge in [0.1, 0.15) is 0 Å². The molecule has 0 aromatic carbocycles. The molecule has 3 N–H and O–H groups in total. The Bertz CT molecular complexity index is 251. The molecule has 0 aromatic rings. The maximum atomic E-state index is 12.2. The van der Waals surface area contributed by atoms with E-state index in [9.17, 15) is 9.90 Å². The van der Waals surface area contributed by atoms with Crippen molar-refractivity contribution >= 4 is 17.7 Å². The normalized spacial score (nSPS) is 22.8. The monoisotopic (exact) mass is 260 g/mol. The zero-order valence-electron chi connectivity index (χ0n) is 11.0. The van der Waals surface area contributed by atoms with Crippen LogP contribution in [0.15, 0.2) is 0 Å². The van der Waals surface area contributed by atoms with Gasteiger partial charge in [0, 0.05) is 16.7 Å². The third kappa shape index (κ3) is 3.86. The van der Waals surface area contributed by atoms with Crippen molar-refractivity contribution in [2.45, 2.75) is 38.0 Å². The fourth-order valence-electron chi connectivity index (χ4n) is 2.12. The fourth-order valence-corrected chi connectivity index (χ4v) is 2.74. The number of nitrogens with one attached hydrogen (secondary N) is 2. The first-order chi connectivity index (χ1) is 8.03. The summed E-state index contributed by atoms with van der Waals surface area (Å²) in [5.74, 6) is 0.124. The molecule has 0 bridgehead atoms. The van der Waals surface area contributed by atoms with E-state index in [0.717, 1.165) is 25.9 Å². The van der Waals surface area contributed by atoms with Crippen molar-refractivity contribution in [3.8, 4) is 0 Å². The molecule has 0 aromatic heterocycles. The largest absolute Gasteiger partial charge is 0.395 e. The van der Waals surface area contributed by atoms with E-state index in [1.165, 1.54) is 0 Å². The molecule has 0 saturated carbocycles. The van der Waals surface area contributed by atoms with Gasteiger partial charge in [0.15, 0.2) is 0 Å². The van der Waals surface area contributed by atoms with Gasteiger partial charge in [-0.25, -0.2) is 0 Å². The van der Waals surface area contributed by atoms with E-state index in [0.29, 0.717) is 0 Å². The predicted octanol–water partition coefficient (Wildman–Crippen LogP) is 0.605. The van der Waals surface area contributed by atoms with Crippen LogP contribution in [0.1, 0.15) is 26.7 Å². The van der Waals surface area contributed by atoms with Gasteiger partial charge in [0.25, 0.3) is 0 Å². The second-order valence-corrected chi connectivity index (χ2v) is 6.11. The zero-order valence-corrected chi connectivity index (χ0v) is 11.8. The van der Waals surface area contributed by atoms with Crippen molar-refractivity contribution in [1.82, 2.24) is 10.6 Å². The van der Waals surface area contributed by atoms with E-state index in [-0.39, 0.29) is 29.2 Å². The molecule has 2 atom stereocenters. The van der Waals surface area contributed by atoms with Gasteiger partial charge in [-0.2, -0.15) is 11.8 Å². The highest BCUT2D eigenvalue weighted by atomic mass is 32.2. The van der Waals surface area contributed by atoms with Crippen LogP contribution in [0.2, 0.25) is 0 Å². The Morgan fingerprint density at radius 2 is 2.12 bits per heavy atom. The Morgan fingerprint density at radius 1 is 1.53 bits per heavy atom. The fraction of sp³-hybridized carbons (Fsp3) is 0.917. The number of carbonyl (C=O) groups is 1. The van der Waals surface area contributed by atoms with Crippen molar-refractivity contribution in [1.29, 1.82) is 0 Å². The molecule has 1 aliphatic heterocycles. The third-order valence-electron chi connectivity index (χ3n) is 3.65. The molecule has 2 unspecified atom stereocenters. The van der Waals surface area contributed by atoms with Gasteiger partial charge in [-0.05, 0) is 39.1 Å². The lowest BCUT2D eigenvalue weighted by Crippen LogP contribution is -2.50. The molecule has 0 spiro atoms. The first-order valence-corrected chi connectivity index (χ1v) is 7.47. The quantitative estimate of drug-likeness (QED) is 0.677. The van der Waals surface area contributed by atoms with Crippen LogP contribution < -0.4 is 10.6 Å². The van der Waals surface area contributed by atoms with Gasteiger partial charge in [0.05, 0.1) is 6.61 Å². The molecule has 17 heavy (non-hydrogen) atoms. The van der Waals surface area contributed by atoms with Gasteiger partial charge >= 0.3 is 0 Å². The summed E-state index contributed by atoms with van der Waals surface area (Å²) in [5, 5.41) is 15.6. The number of hydrogen-bond donors (Lipinski definition) is 3. The molecule has 100 valence electrons. The summed E-state index contributed by atoms with van der Waals surface area (Å²) in [6.45, 7) is 5.90. The summed E-state index contributed by atoms with van der Waals surface area (Å²) in [4.78, 5) is 12.2. The first-order valence-electron chi connectivity index (χ1n) is 6.19. The number of amides is 1. The second-order valence-electron chi connectivity index (χ2n) is 5.03. The molecular formula is C12H24N2O2S. The minimum absolute atomic E-state index is 0.00853. The molecule has 0 aliphatic carbocycles. The van der Waals surface area contributed by atoms with Gasteiger partial charge in [-0.3, -0.25) is 4.79 Å². The van der Waals surface area contributed by atoms with Crippen LogP contribution in [0.3, 0.4) is 0 Å². The minimum Gasteiger partial charge on any atom is -0.395 e. The van der Waals surface area contributed by atoms with Gasteiger partial charge in [-0.15, -0.1) is 0 Å². The van der Waals surface area contributed by atoms with Crippen LogP contribution in [-0.2, 0) is 4.79 Å². The standard InChI is InChI=1S/C12H24N2O2S/c1-9(10(8-15)17-3)14-11(16)12(2)4-6-13-7-5-12/h9-10,13,15H,4-8H2,1-3H3,(H,14,16). The van der Waals surface area contributed by atoms with E-state index < -0.39 is 0 Å². The van der Waals surface area contributed by atoms with Crippen LogP contribution in [0.5, 0.6) is 0 Å². The van der Waals surface area contributed by atoms with E-state index in [1.54, 1.807) is 11.8 Å². The van der Waals surface area contributed by atoms with Crippen LogP contribution in [0, 0.1) is 5.41 Å². The lowest BCUT2D eigenvalue weighted by molar-refractivity contribution is -0.132. The van der Waals surface area contributed by atoms with Gasteiger partial charge in [-0.1, -0.05) is 6.92 Å². The first kappa shape index (κ1) is 14.8. The lowest BCUT2D eigenvalue weighted by Gasteiger charge is -2.34. The van der Waals surface area contributed by atoms with Crippen molar-refractivity contribution < 1.29 is 9.90 Å². The summed E-state index contributed by atoms with van der Waals surface area (Å²) in [6, 6.07) is 0.00853. The van der Waals surface area contributed by atoms with Gasteiger partial charge in [0.2, 0.25) is 5.91 Å². The van der Waals surface area contributed by atoms with Gasteiger partial charge < -0.3 is 15.7 Å². The molecule has 0 radical (unpaired) electrons. The van der Waals surface area contributed by atoms with Crippen LogP contribution in [0.4, 0.5) is 0 Å². The van der Waals surface area contributed by atoms with E-state index in [4.69, 9.17) is 0 Å². The van der Waals surface area contributed by atoms with Crippen molar-refractivity contribution in [3.05, 3.63) is 0 Å². The number of thioether (sulfide) groups is 1. The average molecular weight is 260 g/mol. The number of aliphatic hydroxyl groups excluding tert-OH is 1. The maximum absolute atomic E-state index is 12.2. The van der Waals surface area contributed by atoms with Crippen LogP contribution >= 0.6 is 11.8 Å². The Labute approximate surface area is 108 Å². The Hall–Kier alpha value is -0.260. The minimum atomic E-state index is -0.252. The number of rotatable bonds is 5. The summed E-state index contributed by atoms with van der Waals surface area (Å²) in [7, 11) is 0. The number of piperidine rings is 1. The second kappa shape index (κ2) is 6.61. The summed E-state index contributed by atoms with van der Waals surface area (Å²) in [5.41, 5.74) is -0.252. The van der Waals surface area contributed by atoms with Crippen LogP contribution in [-0.4, -0.2) is 48.3 Å². The molecule has 5 heteroatoms. The van der Waals surface area contributed by atoms with Crippen molar-refractivity contribution in [3.63, 3.8) is 0 Å². The highest BCUT2D eigenvalue weighted by Gasteiger charge is 2.35. The number of hydrogen-bond acceptors (Lipinski definition) is 4. The molecule has 1 saturated heterocycles. The van der Waals surface area contributed by atoms with Crippen LogP contribution in [0.25, 0.3) is 0 Å². The Balaban J connectivity index is 2.52. The van der Waals surface area contributed by atoms with E-state index >= 15 is 0 Å². The molecule has 1 fully saturated rings. The maximum Gasteiger partial charge on any atom is 0.226 e. The number of aliphatic hydroxyl groups is 1. The summed E-state index contributed by atoms with van der Waals surface area (Å²) in [6.07, 6.45) is 3.72. The summed E-state index contributed by atoms with van der Waals surface area (Å²) < 4.78 is 0. The molecule has 4 nitrogen and oxygen atoms in total. The SMILES string of the molecule is CSC(CO)C(C)NC(=O)C1(C)CCNCC1. The molecular weight excluding hydrogens is 236 g/mol. The highest BCUT2D eigenvalue weighted by molar-refractivity contribution is 7.99. The number of carbonyl (C=O) groups excluding carboxylic acids is 1. The van der Waals surface area contributed by atoms with Crippen molar-refractivity contribution in [2.75, 3.05) is 26.0 Å². The van der Waals surface area contributed by atoms with Crippen molar-refractivity contribution in [2.24, 2.45) is 5.41 Å². The molecule has 1 amide bonds. The molecule has 1 aliphatic rings. The smallest absolute Gasteiger partial charge is 0.226 e. The Morgan fingerprint density at radius 3 is 2.59 bits per heavy atom. The third-order valence-corrected chi connectivity index (χ3v) is 4.82.